The third kappa shape index (κ3) is 2.94. The van der Waals surface area contributed by atoms with Crippen LogP contribution in [0.2, 0.25) is 0 Å². The van der Waals surface area contributed by atoms with Crippen molar-refractivity contribution >= 4 is 11.6 Å². The minimum absolute atomic E-state index is 0.0823. The van der Waals surface area contributed by atoms with Crippen LogP contribution in [0.15, 0.2) is 29.2 Å². The standard InChI is InChI=1S/C13H18N4O3/c1-2-15(7-5-9-18)10-12(19)17-13(20)16-8-4-3-6-11(16)14-17/h3-4,6,8,18H,2,5,7,9-10H2,1H3. The summed E-state index contributed by atoms with van der Waals surface area (Å²) in [4.78, 5) is 26.1. The number of aliphatic hydroxyl groups excluding tert-OH is 1. The van der Waals surface area contributed by atoms with E-state index >= 15 is 0 Å². The zero-order chi connectivity index (χ0) is 14.5. The second-order valence-corrected chi connectivity index (χ2v) is 4.46. The van der Waals surface area contributed by atoms with Crippen molar-refractivity contribution in [2.24, 2.45) is 0 Å². The molecule has 20 heavy (non-hydrogen) atoms. The van der Waals surface area contributed by atoms with Gasteiger partial charge in [-0.05, 0) is 25.1 Å². The Bertz CT molecular complexity index is 646. The molecule has 0 atom stereocenters. The summed E-state index contributed by atoms with van der Waals surface area (Å²) in [5.41, 5.74) is -0.00642. The number of carbonyl (C=O) groups excluding carboxylic acids is 1. The van der Waals surface area contributed by atoms with Crippen molar-refractivity contribution in [3.05, 3.63) is 34.9 Å². The van der Waals surface area contributed by atoms with Gasteiger partial charge in [0.15, 0.2) is 5.65 Å². The van der Waals surface area contributed by atoms with Gasteiger partial charge in [-0.3, -0.25) is 9.69 Å². The summed E-state index contributed by atoms with van der Waals surface area (Å²) in [6.07, 6.45) is 2.18. The lowest BCUT2D eigenvalue weighted by atomic mass is 10.4. The molecule has 108 valence electrons. The number of fused-ring (bicyclic) bond motifs is 1. The molecule has 0 bridgehead atoms. The number of aromatic nitrogens is 3. The van der Waals surface area contributed by atoms with Gasteiger partial charge >= 0.3 is 5.69 Å². The van der Waals surface area contributed by atoms with Crippen molar-refractivity contribution in [3.63, 3.8) is 0 Å². The van der Waals surface area contributed by atoms with Gasteiger partial charge in [0, 0.05) is 19.3 Å². The van der Waals surface area contributed by atoms with E-state index in [-0.39, 0.29) is 19.1 Å². The second kappa shape index (κ2) is 6.44. The van der Waals surface area contributed by atoms with Crippen molar-refractivity contribution in [2.75, 3.05) is 26.2 Å². The van der Waals surface area contributed by atoms with Gasteiger partial charge in [0.25, 0.3) is 5.91 Å². The molecule has 2 heterocycles. The molecule has 0 unspecified atom stereocenters. The van der Waals surface area contributed by atoms with Crippen LogP contribution in [0.1, 0.15) is 18.1 Å². The topological polar surface area (TPSA) is 79.8 Å². The quantitative estimate of drug-likeness (QED) is 0.794. The zero-order valence-electron chi connectivity index (χ0n) is 11.4. The molecule has 2 rings (SSSR count). The Morgan fingerprint density at radius 2 is 2.25 bits per heavy atom. The first-order valence-corrected chi connectivity index (χ1v) is 6.60. The Kier molecular flexibility index (Phi) is 4.65. The number of carbonyl (C=O) groups is 1. The molecule has 7 nitrogen and oxygen atoms in total. The van der Waals surface area contributed by atoms with Crippen molar-refractivity contribution < 1.29 is 9.90 Å². The smallest absolute Gasteiger partial charge is 0.357 e. The monoisotopic (exact) mass is 278 g/mol. The molecule has 0 saturated heterocycles. The lowest BCUT2D eigenvalue weighted by molar-refractivity contribution is 0.0825. The van der Waals surface area contributed by atoms with Crippen molar-refractivity contribution in [1.82, 2.24) is 19.1 Å². The predicted molar refractivity (Wildman–Crippen MR) is 73.9 cm³/mol. The Morgan fingerprint density at radius 1 is 1.45 bits per heavy atom. The van der Waals surface area contributed by atoms with Crippen LogP contribution in [0.3, 0.4) is 0 Å². The third-order valence-electron chi connectivity index (χ3n) is 3.10. The van der Waals surface area contributed by atoms with Crippen molar-refractivity contribution in [1.29, 1.82) is 0 Å². The minimum atomic E-state index is -0.455. The molecular weight excluding hydrogens is 260 g/mol. The highest BCUT2D eigenvalue weighted by molar-refractivity contribution is 5.80. The summed E-state index contributed by atoms with van der Waals surface area (Å²) in [7, 11) is 0. The summed E-state index contributed by atoms with van der Waals surface area (Å²) >= 11 is 0. The molecule has 0 saturated carbocycles. The molecule has 2 aromatic rings. The molecule has 0 radical (unpaired) electrons. The van der Waals surface area contributed by atoms with Crippen LogP contribution in [0.4, 0.5) is 0 Å². The van der Waals surface area contributed by atoms with Crippen LogP contribution < -0.4 is 5.69 Å². The molecule has 0 aromatic carbocycles. The van der Waals surface area contributed by atoms with E-state index in [0.717, 1.165) is 4.68 Å². The van der Waals surface area contributed by atoms with E-state index in [1.54, 1.807) is 24.4 Å². The predicted octanol–water partition coefficient (Wildman–Crippen LogP) is -0.160. The average molecular weight is 278 g/mol. The van der Waals surface area contributed by atoms with E-state index in [4.69, 9.17) is 5.11 Å². The highest BCUT2D eigenvalue weighted by atomic mass is 16.3. The third-order valence-corrected chi connectivity index (χ3v) is 3.10. The molecule has 0 fully saturated rings. The summed E-state index contributed by atoms with van der Waals surface area (Å²) in [5, 5.41) is 12.8. The molecular formula is C13H18N4O3. The van der Waals surface area contributed by atoms with Gasteiger partial charge in [0.2, 0.25) is 0 Å². The maximum absolute atomic E-state index is 12.2. The second-order valence-electron chi connectivity index (χ2n) is 4.46. The molecule has 0 aliphatic carbocycles. The van der Waals surface area contributed by atoms with Crippen molar-refractivity contribution in [3.8, 4) is 0 Å². The average Bonchev–Trinajstić information content (AvgIpc) is 2.81. The Balaban J connectivity index is 2.18. The zero-order valence-corrected chi connectivity index (χ0v) is 11.4. The summed E-state index contributed by atoms with van der Waals surface area (Å²) in [5.74, 6) is -0.363. The number of rotatable bonds is 6. The first-order valence-electron chi connectivity index (χ1n) is 6.60. The van der Waals surface area contributed by atoms with E-state index in [9.17, 15) is 9.59 Å². The number of aliphatic hydroxyl groups is 1. The van der Waals surface area contributed by atoms with Crippen LogP contribution in [0.25, 0.3) is 5.65 Å². The SMILES string of the molecule is CCN(CCCO)CC(=O)n1nc2ccccn2c1=O. The highest BCUT2D eigenvalue weighted by Crippen LogP contribution is 1.97. The largest absolute Gasteiger partial charge is 0.396 e. The van der Waals surface area contributed by atoms with E-state index in [0.29, 0.717) is 25.2 Å². The Morgan fingerprint density at radius 3 is 2.90 bits per heavy atom. The van der Waals surface area contributed by atoms with Crippen molar-refractivity contribution in [2.45, 2.75) is 13.3 Å². The molecule has 0 aliphatic rings. The van der Waals surface area contributed by atoms with E-state index in [1.807, 2.05) is 11.8 Å². The number of nitrogens with zero attached hydrogens (tertiary/aromatic N) is 4. The van der Waals surface area contributed by atoms with E-state index < -0.39 is 5.69 Å². The highest BCUT2D eigenvalue weighted by Gasteiger charge is 2.16. The van der Waals surface area contributed by atoms with Gasteiger partial charge in [-0.15, -0.1) is 9.78 Å². The molecule has 7 heteroatoms. The number of hydrogen-bond donors (Lipinski definition) is 1. The summed E-state index contributed by atoms with van der Waals surface area (Å²) in [6, 6.07) is 5.15. The Hall–Kier alpha value is -1.99. The molecule has 0 aliphatic heterocycles. The molecule has 0 spiro atoms. The lowest BCUT2D eigenvalue weighted by Crippen LogP contribution is -2.38. The maximum atomic E-state index is 12.2. The van der Waals surface area contributed by atoms with Crippen LogP contribution in [0.5, 0.6) is 0 Å². The number of pyridine rings is 1. The van der Waals surface area contributed by atoms with Gasteiger partial charge in [-0.2, -0.15) is 0 Å². The summed E-state index contributed by atoms with van der Waals surface area (Å²) in [6.45, 7) is 3.41. The van der Waals surface area contributed by atoms with Crippen LogP contribution >= 0.6 is 0 Å². The molecule has 2 aromatic heterocycles. The van der Waals surface area contributed by atoms with E-state index in [1.165, 1.54) is 4.40 Å². The maximum Gasteiger partial charge on any atom is 0.357 e. The van der Waals surface area contributed by atoms with E-state index in [2.05, 4.69) is 5.10 Å². The van der Waals surface area contributed by atoms with Crippen LogP contribution in [-0.2, 0) is 0 Å². The van der Waals surface area contributed by atoms with Gasteiger partial charge in [0.1, 0.15) is 0 Å². The molecule has 1 N–H and O–H groups in total. The lowest BCUT2D eigenvalue weighted by Gasteiger charge is -2.18. The van der Waals surface area contributed by atoms with Gasteiger partial charge in [0.05, 0.1) is 6.54 Å². The fraction of sp³-hybridized carbons (Fsp3) is 0.462. The summed E-state index contributed by atoms with van der Waals surface area (Å²) < 4.78 is 2.23. The van der Waals surface area contributed by atoms with Gasteiger partial charge < -0.3 is 5.11 Å². The van der Waals surface area contributed by atoms with Gasteiger partial charge in [-0.25, -0.2) is 9.20 Å². The fourth-order valence-corrected chi connectivity index (χ4v) is 1.99. The normalized spacial score (nSPS) is 11.3. The fourth-order valence-electron chi connectivity index (χ4n) is 1.99. The first-order chi connectivity index (χ1) is 9.67. The number of hydrogen-bond acceptors (Lipinski definition) is 5. The first kappa shape index (κ1) is 14.4. The minimum Gasteiger partial charge on any atom is -0.396 e. The van der Waals surface area contributed by atoms with Gasteiger partial charge in [-0.1, -0.05) is 13.0 Å². The number of likely N-dealkylation sites (N-methyl/N-ethyl adjacent to an activating group) is 1. The van der Waals surface area contributed by atoms with Crippen LogP contribution in [-0.4, -0.2) is 56.3 Å². The van der Waals surface area contributed by atoms with Crippen LogP contribution in [0, 0.1) is 0 Å². The Labute approximate surface area is 116 Å². The molecule has 0 amide bonds.